The minimum atomic E-state index is -0.224. The molecule has 3 rings (SSSR count). The van der Waals surface area contributed by atoms with Gasteiger partial charge in [0.2, 0.25) is 0 Å². The number of aromatic nitrogens is 1. The lowest BCUT2D eigenvalue weighted by atomic mass is 10.0. The van der Waals surface area contributed by atoms with Gasteiger partial charge in [-0.05, 0) is 23.8 Å². The summed E-state index contributed by atoms with van der Waals surface area (Å²) in [5, 5.41) is 6.80. The third kappa shape index (κ3) is 7.29. The maximum atomic E-state index is 13.4. The molecule has 9 heteroatoms. The van der Waals surface area contributed by atoms with Crippen LogP contribution in [0.15, 0.2) is 47.6 Å². The highest BCUT2D eigenvalue weighted by molar-refractivity contribution is 14.0. The zero-order valence-corrected chi connectivity index (χ0v) is 20.7. The van der Waals surface area contributed by atoms with Crippen LogP contribution in [-0.2, 0) is 11.3 Å². The molecule has 1 aliphatic rings. The predicted octanol–water partition coefficient (Wildman–Crippen LogP) is 2.64. The first-order valence-electron chi connectivity index (χ1n) is 10.2. The Morgan fingerprint density at radius 2 is 1.90 bits per heavy atom. The second kappa shape index (κ2) is 12.8. The summed E-state index contributed by atoms with van der Waals surface area (Å²) in [6.07, 6.45) is 1.79. The fraction of sp³-hybridized carbons (Fsp3) is 0.455. The van der Waals surface area contributed by atoms with Crippen LogP contribution in [-0.4, -0.2) is 69.8 Å². The standard InChI is InChI=1S/C22H31FN6O.HI/c1-24-22(26-15-18-5-4-10-25-21(18)28(2)3)27-16-20(29-11-13-30-14-12-29)17-6-8-19(23)9-7-17;/h4-10,20H,11-16H2,1-3H3,(H2,24,26,27);1H. The maximum Gasteiger partial charge on any atom is 0.191 e. The normalized spacial score (nSPS) is 15.7. The van der Waals surface area contributed by atoms with Crippen LogP contribution in [0.1, 0.15) is 17.2 Å². The van der Waals surface area contributed by atoms with E-state index in [1.165, 1.54) is 12.1 Å². The highest BCUT2D eigenvalue weighted by Crippen LogP contribution is 2.21. The molecule has 1 atom stereocenters. The van der Waals surface area contributed by atoms with E-state index in [1.807, 2.05) is 37.2 Å². The highest BCUT2D eigenvalue weighted by atomic mass is 127. The molecule has 0 bridgehead atoms. The van der Waals surface area contributed by atoms with Gasteiger partial charge in [0.25, 0.3) is 0 Å². The van der Waals surface area contributed by atoms with E-state index in [-0.39, 0.29) is 35.8 Å². The van der Waals surface area contributed by atoms with Crippen molar-refractivity contribution >= 4 is 35.8 Å². The molecule has 2 N–H and O–H groups in total. The fourth-order valence-corrected chi connectivity index (χ4v) is 3.60. The summed E-state index contributed by atoms with van der Waals surface area (Å²) in [4.78, 5) is 13.2. The first kappa shape index (κ1) is 25.3. The Labute approximate surface area is 201 Å². The van der Waals surface area contributed by atoms with Gasteiger partial charge in [0.15, 0.2) is 5.96 Å². The molecule has 0 radical (unpaired) electrons. The number of morpholine rings is 1. The Morgan fingerprint density at radius 1 is 1.19 bits per heavy atom. The van der Waals surface area contributed by atoms with Crippen LogP contribution in [0.4, 0.5) is 10.2 Å². The van der Waals surface area contributed by atoms with Crippen molar-refractivity contribution in [1.82, 2.24) is 20.5 Å². The van der Waals surface area contributed by atoms with Crippen LogP contribution in [0.5, 0.6) is 0 Å². The molecule has 1 unspecified atom stereocenters. The van der Waals surface area contributed by atoms with Crippen molar-refractivity contribution in [2.45, 2.75) is 12.6 Å². The average Bonchev–Trinajstić information content (AvgIpc) is 2.78. The van der Waals surface area contributed by atoms with E-state index in [0.29, 0.717) is 32.3 Å². The van der Waals surface area contributed by atoms with Crippen molar-refractivity contribution in [3.8, 4) is 0 Å². The summed E-state index contributed by atoms with van der Waals surface area (Å²) in [5.74, 6) is 1.42. The van der Waals surface area contributed by atoms with Gasteiger partial charge in [-0.2, -0.15) is 0 Å². The van der Waals surface area contributed by atoms with Crippen LogP contribution in [0, 0.1) is 5.82 Å². The number of nitrogens with one attached hydrogen (secondary N) is 2. The minimum absolute atomic E-state index is 0. The molecule has 1 saturated heterocycles. The summed E-state index contributed by atoms with van der Waals surface area (Å²) in [6, 6.07) is 10.8. The number of aliphatic imine (C=N–C) groups is 1. The molecule has 0 amide bonds. The van der Waals surface area contributed by atoms with Gasteiger partial charge in [0.05, 0.1) is 19.3 Å². The monoisotopic (exact) mass is 542 g/mol. The second-order valence-corrected chi connectivity index (χ2v) is 7.40. The predicted molar refractivity (Wildman–Crippen MR) is 134 cm³/mol. The SMILES string of the molecule is CN=C(NCc1cccnc1N(C)C)NCC(c1ccc(F)cc1)N1CCOCC1.I. The van der Waals surface area contributed by atoms with Crippen molar-refractivity contribution < 1.29 is 9.13 Å². The van der Waals surface area contributed by atoms with E-state index >= 15 is 0 Å². The number of pyridine rings is 1. The van der Waals surface area contributed by atoms with Crippen molar-refractivity contribution in [2.75, 3.05) is 58.9 Å². The molecule has 170 valence electrons. The number of nitrogens with zero attached hydrogens (tertiary/aromatic N) is 4. The van der Waals surface area contributed by atoms with Crippen LogP contribution in [0.3, 0.4) is 0 Å². The van der Waals surface area contributed by atoms with E-state index < -0.39 is 0 Å². The summed E-state index contributed by atoms with van der Waals surface area (Å²) in [7, 11) is 5.72. The van der Waals surface area contributed by atoms with Gasteiger partial charge in [0, 0.05) is 59.1 Å². The van der Waals surface area contributed by atoms with Crippen molar-refractivity contribution in [3.63, 3.8) is 0 Å². The van der Waals surface area contributed by atoms with Gasteiger partial charge in [-0.1, -0.05) is 18.2 Å². The molecule has 7 nitrogen and oxygen atoms in total. The lowest BCUT2D eigenvalue weighted by Gasteiger charge is -2.35. The van der Waals surface area contributed by atoms with Crippen LogP contribution in [0.25, 0.3) is 0 Å². The van der Waals surface area contributed by atoms with Gasteiger partial charge < -0.3 is 20.3 Å². The third-order valence-electron chi connectivity index (χ3n) is 5.17. The summed E-state index contributed by atoms with van der Waals surface area (Å²) < 4.78 is 18.9. The number of ether oxygens (including phenoxy) is 1. The largest absolute Gasteiger partial charge is 0.379 e. The molecule has 1 aromatic carbocycles. The first-order chi connectivity index (χ1) is 14.6. The van der Waals surface area contributed by atoms with Crippen LogP contribution >= 0.6 is 24.0 Å². The number of hydrogen-bond acceptors (Lipinski definition) is 5. The lowest BCUT2D eigenvalue weighted by Crippen LogP contribution is -2.46. The molecule has 0 saturated carbocycles. The Balaban J connectivity index is 0.00000341. The number of rotatable bonds is 7. The molecule has 1 aromatic heterocycles. The molecule has 2 aromatic rings. The number of anilines is 1. The Hall–Kier alpha value is -1.98. The molecule has 31 heavy (non-hydrogen) atoms. The molecule has 1 aliphatic heterocycles. The summed E-state index contributed by atoms with van der Waals surface area (Å²) >= 11 is 0. The minimum Gasteiger partial charge on any atom is -0.379 e. The van der Waals surface area contributed by atoms with Gasteiger partial charge in [0.1, 0.15) is 11.6 Å². The number of benzene rings is 1. The zero-order chi connectivity index (χ0) is 21.3. The molecule has 2 heterocycles. The highest BCUT2D eigenvalue weighted by Gasteiger charge is 2.23. The Kier molecular flexibility index (Phi) is 10.4. The van der Waals surface area contributed by atoms with Crippen LogP contribution in [0.2, 0.25) is 0 Å². The van der Waals surface area contributed by atoms with E-state index in [1.54, 1.807) is 13.2 Å². The fourth-order valence-electron chi connectivity index (χ4n) is 3.60. The smallest absolute Gasteiger partial charge is 0.191 e. The van der Waals surface area contributed by atoms with E-state index in [4.69, 9.17) is 4.74 Å². The maximum absolute atomic E-state index is 13.4. The third-order valence-corrected chi connectivity index (χ3v) is 5.17. The Bertz CT molecular complexity index is 827. The van der Waals surface area contributed by atoms with Gasteiger partial charge in [-0.25, -0.2) is 9.37 Å². The van der Waals surface area contributed by atoms with Crippen LogP contribution < -0.4 is 15.5 Å². The molecule has 0 spiro atoms. The second-order valence-electron chi connectivity index (χ2n) is 7.40. The lowest BCUT2D eigenvalue weighted by molar-refractivity contribution is 0.0170. The molecule has 1 fully saturated rings. The van der Waals surface area contributed by atoms with Crippen molar-refractivity contribution in [1.29, 1.82) is 0 Å². The van der Waals surface area contributed by atoms with Gasteiger partial charge >= 0.3 is 0 Å². The van der Waals surface area contributed by atoms with Gasteiger partial charge in [-0.15, -0.1) is 24.0 Å². The molecular weight excluding hydrogens is 510 g/mol. The number of halogens is 2. The molecule has 0 aliphatic carbocycles. The summed E-state index contributed by atoms with van der Waals surface area (Å²) in [5.41, 5.74) is 2.16. The Morgan fingerprint density at radius 3 is 2.55 bits per heavy atom. The number of hydrogen-bond donors (Lipinski definition) is 2. The topological polar surface area (TPSA) is 65.0 Å². The molecular formula is C22H32FIN6O. The van der Waals surface area contributed by atoms with Crippen molar-refractivity contribution in [2.24, 2.45) is 4.99 Å². The quantitative estimate of drug-likeness (QED) is 0.319. The van der Waals surface area contributed by atoms with E-state index in [0.717, 1.165) is 30.0 Å². The average molecular weight is 542 g/mol. The van der Waals surface area contributed by atoms with E-state index in [9.17, 15) is 4.39 Å². The number of guanidine groups is 1. The summed E-state index contributed by atoms with van der Waals surface area (Å²) in [6.45, 7) is 4.37. The van der Waals surface area contributed by atoms with E-state index in [2.05, 4.69) is 31.6 Å². The zero-order valence-electron chi connectivity index (χ0n) is 18.3. The first-order valence-corrected chi connectivity index (χ1v) is 10.2. The van der Waals surface area contributed by atoms with Crippen molar-refractivity contribution in [3.05, 3.63) is 59.5 Å². The van der Waals surface area contributed by atoms with Gasteiger partial charge in [-0.3, -0.25) is 9.89 Å².